The minimum Gasteiger partial charge on any atom is -0.480 e. The summed E-state index contributed by atoms with van der Waals surface area (Å²) in [5.74, 6) is -1.75. The Balaban J connectivity index is 1.62. The molecule has 134 valence electrons. The number of aryl methyl sites for hydroxylation is 1. The van der Waals surface area contributed by atoms with Gasteiger partial charge in [0.2, 0.25) is 5.91 Å². The van der Waals surface area contributed by atoms with E-state index in [1.165, 1.54) is 12.1 Å². The van der Waals surface area contributed by atoms with Gasteiger partial charge in [-0.2, -0.15) is 0 Å². The van der Waals surface area contributed by atoms with Crippen molar-refractivity contribution in [3.05, 3.63) is 71.7 Å². The highest BCUT2D eigenvalue weighted by Crippen LogP contribution is 2.19. The first-order valence-electron chi connectivity index (χ1n) is 8.34. The van der Waals surface area contributed by atoms with Gasteiger partial charge >= 0.3 is 5.97 Å². The van der Waals surface area contributed by atoms with Gasteiger partial charge in [0, 0.05) is 29.9 Å². The molecule has 26 heavy (non-hydrogen) atoms. The Morgan fingerprint density at radius 3 is 2.58 bits per heavy atom. The number of nitrogens with one attached hydrogen (secondary N) is 2. The van der Waals surface area contributed by atoms with Gasteiger partial charge in [0.05, 0.1) is 0 Å². The number of carboxylic acids is 1. The van der Waals surface area contributed by atoms with Crippen molar-refractivity contribution in [1.82, 2.24) is 10.3 Å². The van der Waals surface area contributed by atoms with E-state index >= 15 is 0 Å². The van der Waals surface area contributed by atoms with E-state index in [0.717, 1.165) is 22.0 Å². The minimum atomic E-state index is -1.08. The molecule has 1 heterocycles. The third kappa shape index (κ3) is 4.27. The Labute approximate surface area is 149 Å². The van der Waals surface area contributed by atoms with Crippen molar-refractivity contribution in [3.63, 3.8) is 0 Å². The van der Waals surface area contributed by atoms with Gasteiger partial charge in [0.1, 0.15) is 11.9 Å². The normalized spacial score (nSPS) is 12.0. The van der Waals surface area contributed by atoms with Crippen LogP contribution in [0.15, 0.2) is 54.7 Å². The van der Waals surface area contributed by atoms with E-state index in [1.807, 2.05) is 24.3 Å². The lowest BCUT2D eigenvalue weighted by Gasteiger charge is -2.14. The largest absolute Gasteiger partial charge is 0.480 e. The summed E-state index contributed by atoms with van der Waals surface area (Å²) in [6, 6.07) is 12.5. The number of halogens is 1. The fraction of sp³-hybridized carbons (Fsp3) is 0.200. The second-order valence-electron chi connectivity index (χ2n) is 6.15. The van der Waals surface area contributed by atoms with Gasteiger partial charge in [-0.15, -0.1) is 0 Å². The fourth-order valence-corrected chi connectivity index (χ4v) is 2.90. The standard InChI is InChI=1S/C20H19FN2O3/c21-15-8-5-13(6-9-15)7-10-19(24)23-18(20(25)26)11-14-12-22-17-4-2-1-3-16(14)17/h1-6,8-9,12,18,22H,7,10-11H2,(H,23,24)(H,25,26)/t18-/m0/s1. The molecule has 0 aliphatic carbocycles. The van der Waals surface area contributed by atoms with E-state index in [1.54, 1.807) is 18.3 Å². The molecule has 0 fully saturated rings. The first kappa shape index (κ1) is 17.7. The number of benzene rings is 2. The maximum absolute atomic E-state index is 12.9. The second kappa shape index (κ2) is 7.82. The number of aromatic amines is 1. The Hall–Kier alpha value is -3.15. The minimum absolute atomic E-state index is 0.142. The summed E-state index contributed by atoms with van der Waals surface area (Å²) in [6.07, 6.45) is 2.53. The Morgan fingerprint density at radius 1 is 1.12 bits per heavy atom. The highest BCUT2D eigenvalue weighted by molar-refractivity contribution is 5.86. The van der Waals surface area contributed by atoms with Crippen molar-refractivity contribution >= 4 is 22.8 Å². The molecule has 3 rings (SSSR count). The number of hydrogen-bond donors (Lipinski definition) is 3. The Kier molecular flexibility index (Phi) is 5.31. The van der Waals surface area contributed by atoms with Crippen molar-refractivity contribution < 1.29 is 19.1 Å². The average molecular weight is 354 g/mol. The number of aliphatic carboxylic acids is 1. The van der Waals surface area contributed by atoms with E-state index in [0.29, 0.717) is 6.42 Å². The third-order valence-electron chi connectivity index (χ3n) is 4.29. The highest BCUT2D eigenvalue weighted by atomic mass is 19.1. The molecule has 3 aromatic rings. The smallest absolute Gasteiger partial charge is 0.326 e. The summed E-state index contributed by atoms with van der Waals surface area (Å²) in [4.78, 5) is 26.8. The summed E-state index contributed by atoms with van der Waals surface area (Å²) >= 11 is 0. The van der Waals surface area contributed by atoms with E-state index in [-0.39, 0.29) is 24.6 Å². The average Bonchev–Trinajstić information content (AvgIpc) is 3.04. The van der Waals surface area contributed by atoms with Gasteiger partial charge < -0.3 is 15.4 Å². The first-order chi connectivity index (χ1) is 12.5. The topological polar surface area (TPSA) is 82.2 Å². The van der Waals surface area contributed by atoms with Crippen LogP contribution in [0.5, 0.6) is 0 Å². The molecule has 1 amide bonds. The molecular formula is C20H19FN2O3. The summed E-state index contributed by atoms with van der Waals surface area (Å²) in [5, 5.41) is 13.0. The second-order valence-corrected chi connectivity index (χ2v) is 6.15. The van der Waals surface area contributed by atoms with Crippen LogP contribution in [0, 0.1) is 5.82 Å². The zero-order chi connectivity index (χ0) is 18.5. The van der Waals surface area contributed by atoms with Crippen molar-refractivity contribution in [2.24, 2.45) is 0 Å². The van der Waals surface area contributed by atoms with Gasteiger partial charge in [-0.3, -0.25) is 4.79 Å². The highest BCUT2D eigenvalue weighted by Gasteiger charge is 2.21. The van der Waals surface area contributed by atoms with Gasteiger partial charge in [-0.05, 0) is 35.7 Å². The van der Waals surface area contributed by atoms with Crippen LogP contribution in [0.3, 0.4) is 0 Å². The number of amides is 1. The fourth-order valence-electron chi connectivity index (χ4n) is 2.90. The first-order valence-corrected chi connectivity index (χ1v) is 8.34. The zero-order valence-corrected chi connectivity index (χ0v) is 14.0. The molecule has 1 atom stereocenters. The molecule has 6 heteroatoms. The molecule has 5 nitrogen and oxygen atoms in total. The van der Waals surface area contributed by atoms with Crippen molar-refractivity contribution in [2.45, 2.75) is 25.3 Å². The number of carbonyl (C=O) groups is 2. The SMILES string of the molecule is O=C(CCc1ccc(F)cc1)N[C@@H](Cc1c[nH]c2ccccc12)C(=O)O. The summed E-state index contributed by atoms with van der Waals surface area (Å²) in [6.45, 7) is 0. The molecule has 0 saturated heterocycles. The number of rotatable bonds is 7. The van der Waals surface area contributed by atoms with Crippen LogP contribution in [-0.2, 0) is 22.4 Å². The molecular weight excluding hydrogens is 335 g/mol. The van der Waals surface area contributed by atoms with Crippen LogP contribution >= 0.6 is 0 Å². The van der Waals surface area contributed by atoms with Crippen LogP contribution in [0.4, 0.5) is 4.39 Å². The molecule has 2 aromatic carbocycles. The Morgan fingerprint density at radius 2 is 1.85 bits per heavy atom. The van der Waals surface area contributed by atoms with E-state index in [4.69, 9.17) is 0 Å². The van der Waals surface area contributed by atoms with Crippen LogP contribution in [-0.4, -0.2) is 28.0 Å². The van der Waals surface area contributed by atoms with Crippen LogP contribution in [0.1, 0.15) is 17.5 Å². The van der Waals surface area contributed by atoms with Gasteiger partial charge in [-0.25, -0.2) is 9.18 Å². The predicted molar refractivity (Wildman–Crippen MR) is 96.3 cm³/mol. The maximum Gasteiger partial charge on any atom is 0.326 e. The summed E-state index contributed by atoms with van der Waals surface area (Å²) < 4.78 is 12.9. The van der Waals surface area contributed by atoms with Gasteiger partial charge in [0.15, 0.2) is 0 Å². The van der Waals surface area contributed by atoms with Crippen LogP contribution in [0.25, 0.3) is 10.9 Å². The van der Waals surface area contributed by atoms with Gasteiger partial charge in [-0.1, -0.05) is 30.3 Å². The number of carboxylic acid groups (broad SMARTS) is 1. The molecule has 0 bridgehead atoms. The van der Waals surface area contributed by atoms with E-state index in [9.17, 15) is 19.1 Å². The van der Waals surface area contributed by atoms with Crippen LogP contribution < -0.4 is 5.32 Å². The van der Waals surface area contributed by atoms with Crippen molar-refractivity contribution in [3.8, 4) is 0 Å². The van der Waals surface area contributed by atoms with Crippen molar-refractivity contribution in [2.75, 3.05) is 0 Å². The lowest BCUT2D eigenvalue weighted by molar-refractivity contribution is -0.141. The molecule has 0 radical (unpaired) electrons. The summed E-state index contributed by atoms with van der Waals surface area (Å²) in [5.41, 5.74) is 2.59. The monoisotopic (exact) mass is 354 g/mol. The maximum atomic E-state index is 12.9. The molecule has 0 spiro atoms. The lowest BCUT2D eigenvalue weighted by Crippen LogP contribution is -2.42. The third-order valence-corrected chi connectivity index (χ3v) is 4.29. The number of carbonyl (C=O) groups excluding carboxylic acids is 1. The predicted octanol–water partition coefficient (Wildman–Crippen LogP) is 3.05. The quantitative estimate of drug-likeness (QED) is 0.610. The van der Waals surface area contributed by atoms with Crippen LogP contribution in [0.2, 0.25) is 0 Å². The van der Waals surface area contributed by atoms with Gasteiger partial charge in [0.25, 0.3) is 0 Å². The lowest BCUT2D eigenvalue weighted by atomic mass is 10.0. The number of aromatic nitrogens is 1. The molecule has 1 aromatic heterocycles. The van der Waals surface area contributed by atoms with Crippen molar-refractivity contribution in [1.29, 1.82) is 0 Å². The molecule has 0 unspecified atom stereocenters. The number of H-pyrrole nitrogens is 1. The molecule has 0 saturated carbocycles. The van der Waals surface area contributed by atoms with E-state index in [2.05, 4.69) is 10.3 Å². The summed E-state index contributed by atoms with van der Waals surface area (Å²) in [7, 11) is 0. The molecule has 3 N–H and O–H groups in total. The number of fused-ring (bicyclic) bond motifs is 1. The van der Waals surface area contributed by atoms with E-state index < -0.39 is 12.0 Å². The molecule has 0 aliphatic heterocycles. The molecule has 0 aliphatic rings. The Bertz CT molecular complexity index is 918. The number of hydrogen-bond acceptors (Lipinski definition) is 2. The zero-order valence-electron chi connectivity index (χ0n) is 14.0. The number of para-hydroxylation sites is 1.